The van der Waals surface area contributed by atoms with Crippen molar-refractivity contribution in [2.75, 3.05) is 13.2 Å². The molecular formula is C76H130O6. The smallest absolute Gasteiger partial charge is 0.306 e. The van der Waals surface area contributed by atoms with E-state index in [1.165, 1.54) is 167 Å². The molecule has 0 aromatic rings. The first kappa shape index (κ1) is 78.1. The molecule has 470 valence electrons. The standard InChI is InChI=1S/C76H130O6/c1-4-7-10-13-16-19-22-25-28-31-33-35-36-37-38-39-40-41-43-45-48-51-54-57-60-63-66-69-75(78)81-72-73(71-80-74(77)68-65-62-59-56-53-50-47-44-30-27-24-21-18-15-12-9-6-3)82-76(79)70-67-64-61-58-55-52-49-46-42-34-32-29-26-23-20-17-14-11-8-5-2/h7,9-10,12,16,18-19,21,25,27-28,30,33,35,37-38,47,50,73H,4-6,8,11,13-15,17,20,22-24,26,29,31-32,34,36,39-46,48-49,51-72H2,1-3H3/b10-7-,12-9-,19-16-,21-18-,28-25-,30-27-,35-33-,38-37-,50-47-. The van der Waals surface area contributed by atoms with Gasteiger partial charge in [0, 0.05) is 19.3 Å². The quantitative estimate of drug-likeness (QED) is 0.0261. The van der Waals surface area contributed by atoms with Crippen LogP contribution in [0.15, 0.2) is 109 Å². The second-order valence-corrected chi connectivity index (χ2v) is 23.0. The van der Waals surface area contributed by atoms with Gasteiger partial charge < -0.3 is 14.2 Å². The van der Waals surface area contributed by atoms with E-state index in [2.05, 4.69) is 130 Å². The minimum atomic E-state index is -0.791. The maximum atomic E-state index is 13.0. The van der Waals surface area contributed by atoms with Crippen LogP contribution in [0.2, 0.25) is 0 Å². The number of hydrogen-bond acceptors (Lipinski definition) is 6. The van der Waals surface area contributed by atoms with E-state index in [4.69, 9.17) is 14.2 Å². The Bertz CT molecular complexity index is 1640. The van der Waals surface area contributed by atoms with Gasteiger partial charge in [-0.2, -0.15) is 0 Å². The fraction of sp³-hybridized carbons (Fsp3) is 0.724. The Hall–Kier alpha value is -3.93. The molecule has 0 aromatic heterocycles. The molecule has 0 rings (SSSR count). The average molecular weight is 1140 g/mol. The molecule has 0 amide bonds. The molecule has 6 nitrogen and oxygen atoms in total. The molecule has 0 aliphatic heterocycles. The number of esters is 3. The van der Waals surface area contributed by atoms with Crippen LogP contribution < -0.4 is 0 Å². The molecule has 0 saturated heterocycles. The SMILES string of the molecule is CC/C=C\C/C=C\C/C=C\C/C=C\C/C=C\CCCCCCCCCCCCCC(=O)OCC(COC(=O)CCCCCC/C=C\C/C=C\C/C=C\C/C=C\CC)OC(=O)CCCCCCCCCCCCCCCCCCCCCC. The zero-order valence-electron chi connectivity index (χ0n) is 54.0. The summed E-state index contributed by atoms with van der Waals surface area (Å²) >= 11 is 0. The topological polar surface area (TPSA) is 78.9 Å². The molecule has 0 aliphatic carbocycles. The van der Waals surface area contributed by atoms with E-state index in [1.807, 2.05) is 0 Å². The summed E-state index contributed by atoms with van der Waals surface area (Å²) in [6.45, 7) is 6.43. The number of unbranched alkanes of at least 4 members (excludes halogenated alkanes) is 34. The summed E-state index contributed by atoms with van der Waals surface area (Å²) in [6, 6.07) is 0. The molecular weight excluding hydrogens is 1010 g/mol. The van der Waals surface area contributed by atoms with Crippen LogP contribution in [0, 0.1) is 0 Å². The minimum Gasteiger partial charge on any atom is -0.462 e. The summed E-state index contributed by atoms with van der Waals surface area (Å²) in [5, 5.41) is 0. The Labute approximate surface area is 508 Å². The Morgan fingerprint density at radius 3 is 0.744 bits per heavy atom. The van der Waals surface area contributed by atoms with E-state index < -0.39 is 6.10 Å². The summed E-state index contributed by atoms with van der Waals surface area (Å²) in [7, 11) is 0. The lowest BCUT2D eigenvalue weighted by Gasteiger charge is -2.18. The van der Waals surface area contributed by atoms with Crippen LogP contribution in [-0.2, 0) is 28.6 Å². The Kier molecular flexibility index (Phi) is 66.2. The molecule has 0 spiro atoms. The lowest BCUT2D eigenvalue weighted by atomic mass is 10.0. The van der Waals surface area contributed by atoms with Crippen LogP contribution in [0.5, 0.6) is 0 Å². The molecule has 0 aromatic carbocycles. The predicted molar refractivity (Wildman–Crippen MR) is 357 cm³/mol. The van der Waals surface area contributed by atoms with Crippen LogP contribution in [-0.4, -0.2) is 37.2 Å². The van der Waals surface area contributed by atoms with Crippen molar-refractivity contribution >= 4 is 17.9 Å². The molecule has 6 heteroatoms. The number of rotatable bonds is 63. The van der Waals surface area contributed by atoms with Crippen LogP contribution >= 0.6 is 0 Å². The number of ether oxygens (including phenoxy) is 3. The predicted octanol–water partition coefficient (Wildman–Crippen LogP) is 24.2. The summed E-state index contributed by atoms with van der Waals surface area (Å²) in [5.74, 6) is -0.897. The molecule has 0 N–H and O–H groups in total. The molecule has 1 unspecified atom stereocenters. The normalized spacial score (nSPS) is 12.8. The van der Waals surface area contributed by atoms with Gasteiger partial charge in [-0.25, -0.2) is 0 Å². The van der Waals surface area contributed by atoms with E-state index in [-0.39, 0.29) is 31.1 Å². The highest BCUT2D eigenvalue weighted by Crippen LogP contribution is 2.17. The lowest BCUT2D eigenvalue weighted by Crippen LogP contribution is -2.30. The van der Waals surface area contributed by atoms with Crippen molar-refractivity contribution in [2.45, 2.75) is 341 Å². The maximum Gasteiger partial charge on any atom is 0.306 e. The van der Waals surface area contributed by atoms with Gasteiger partial charge in [0.1, 0.15) is 13.2 Å². The zero-order chi connectivity index (χ0) is 59.2. The Morgan fingerprint density at radius 2 is 0.476 bits per heavy atom. The number of allylic oxidation sites excluding steroid dienone is 18. The van der Waals surface area contributed by atoms with Crippen molar-refractivity contribution in [3.63, 3.8) is 0 Å². The van der Waals surface area contributed by atoms with Gasteiger partial charge in [0.2, 0.25) is 0 Å². The van der Waals surface area contributed by atoms with Gasteiger partial charge in [0.05, 0.1) is 0 Å². The molecule has 82 heavy (non-hydrogen) atoms. The first-order chi connectivity index (χ1) is 40.5. The van der Waals surface area contributed by atoms with Crippen LogP contribution in [0.3, 0.4) is 0 Å². The summed E-state index contributed by atoms with van der Waals surface area (Å²) < 4.78 is 17.0. The third-order valence-corrected chi connectivity index (χ3v) is 15.0. The van der Waals surface area contributed by atoms with Crippen molar-refractivity contribution in [3.8, 4) is 0 Å². The number of carbonyl (C=O) groups is 3. The monoisotopic (exact) mass is 1140 g/mol. The van der Waals surface area contributed by atoms with Gasteiger partial charge in [-0.3, -0.25) is 14.4 Å². The third kappa shape index (κ3) is 66.9. The van der Waals surface area contributed by atoms with Gasteiger partial charge in [-0.1, -0.05) is 323 Å². The largest absolute Gasteiger partial charge is 0.462 e. The number of hydrogen-bond donors (Lipinski definition) is 0. The summed E-state index contributed by atoms with van der Waals surface area (Å²) in [5.41, 5.74) is 0. The van der Waals surface area contributed by atoms with Crippen molar-refractivity contribution < 1.29 is 28.6 Å². The van der Waals surface area contributed by atoms with Crippen molar-refractivity contribution in [1.29, 1.82) is 0 Å². The molecule has 0 radical (unpaired) electrons. The van der Waals surface area contributed by atoms with Gasteiger partial charge in [0.25, 0.3) is 0 Å². The molecule has 0 fully saturated rings. The van der Waals surface area contributed by atoms with Crippen LogP contribution in [0.1, 0.15) is 335 Å². The Morgan fingerprint density at radius 1 is 0.256 bits per heavy atom. The summed E-state index contributed by atoms with van der Waals surface area (Å²) in [6.07, 6.45) is 95.3. The van der Waals surface area contributed by atoms with E-state index in [0.29, 0.717) is 19.3 Å². The summed E-state index contributed by atoms with van der Waals surface area (Å²) in [4.78, 5) is 38.5. The van der Waals surface area contributed by atoms with Gasteiger partial charge >= 0.3 is 17.9 Å². The number of carbonyl (C=O) groups excluding carboxylic acids is 3. The van der Waals surface area contributed by atoms with E-state index in [1.54, 1.807) is 0 Å². The van der Waals surface area contributed by atoms with E-state index in [0.717, 1.165) is 128 Å². The molecule has 0 bridgehead atoms. The minimum absolute atomic E-state index is 0.0855. The van der Waals surface area contributed by atoms with Gasteiger partial charge in [-0.15, -0.1) is 0 Å². The van der Waals surface area contributed by atoms with Crippen LogP contribution in [0.25, 0.3) is 0 Å². The first-order valence-corrected chi connectivity index (χ1v) is 34.9. The maximum absolute atomic E-state index is 13.0. The molecule has 0 heterocycles. The average Bonchev–Trinajstić information content (AvgIpc) is 3.47. The van der Waals surface area contributed by atoms with Crippen molar-refractivity contribution in [1.82, 2.24) is 0 Å². The molecule has 0 aliphatic rings. The molecule has 0 saturated carbocycles. The highest BCUT2D eigenvalue weighted by molar-refractivity contribution is 5.71. The first-order valence-electron chi connectivity index (χ1n) is 34.9. The molecule has 1 atom stereocenters. The highest BCUT2D eigenvalue weighted by atomic mass is 16.6. The zero-order valence-corrected chi connectivity index (χ0v) is 54.0. The van der Waals surface area contributed by atoms with E-state index >= 15 is 0 Å². The fourth-order valence-electron chi connectivity index (χ4n) is 9.88. The van der Waals surface area contributed by atoms with Gasteiger partial charge in [-0.05, 0) is 103 Å². The van der Waals surface area contributed by atoms with Crippen molar-refractivity contribution in [3.05, 3.63) is 109 Å². The second kappa shape index (κ2) is 69.6. The van der Waals surface area contributed by atoms with Gasteiger partial charge in [0.15, 0.2) is 6.10 Å². The van der Waals surface area contributed by atoms with E-state index in [9.17, 15) is 14.4 Å². The third-order valence-electron chi connectivity index (χ3n) is 15.0. The van der Waals surface area contributed by atoms with Crippen LogP contribution in [0.4, 0.5) is 0 Å². The fourth-order valence-corrected chi connectivity index (χ4v) is 9.88. The highest BCUT2D eigenvalue weighted by Gasteiger charge is 2.19. The second-order valence-electron chi connectivity index (χ2n) is 23.0. The Balaban J connectivity index is 4.36. The lowest BCUT2D eigenvalue weighted by molar-refractivity contribution is -0.167. The van der Waals surface area contributed by atoms with Crippen molar-refractivity contribution in [2.24, 2.45) is 0 Å².